The lowest BCUT2D eigenvalue weighted by Crippen LogP contribution is -2.24. The van der Waals surface area contributed by atoms with Gasteiger partial charge in [0, 0.05) is 6.42 Å². The van der Waals surface area contributed by atoms with Crippen molar-refractivity contribution in [3.8, 4) is 5.75 Å². The highest BCUT2D eigenvalue weighted by Crippen LogP contribution is 2.30. The zero-order valence-corrected chi connectivity index (χ0v) is 13.4. The van der Waals surface area contributed by atoms with E-state index in [2.05, 4.69) is 43.9 Å². The van der Waals surface area contributed by atoms with Crippen molar-refractivity contribution in [1.29, 1.82) is 0 Å². The van der Waals surface area contributed by atoms with Gasteiger partial charge in [-0.15, -0.1) is 0 Å². The Kier molecular flexibility index (Phi) is 4.35. The number of benzene rings is 1. The summed E-state index contributed by atoms with van der Waals surface area (Å²) in [6.45, 7) is 6.72. The maximum absolute atomic E-state index is 6.09. The van der Waals surface area contributed by atoms with Crippen LogP contribution in [-0.4, -0.2) is 15.4 Å². The highest BCUT2D eigenvalue weighted by molar-refractivity contribution is 6.70. The van der Waals surface area contributed by atoms with E-state index in [0.29, 0.717) is 5.92 Å². The smallest absolute Gasteiger partial charge is 0.241 e. The van der Waals surface area contributed by atoms with E-state index < -0.39 is 8.32 Å². The van der Waals surface area contributed by atoms with Gasteiger partial charge in [0.15, 0.2) is 0 Å². The normalized spacial score (nSPS) is 19.2. The molecule has 1 aromatic rings. The Bertz CT molecular complexity index is 460. The van der Waals surface area contributed by atoms with Crippen LogP contribution in [0.3, 0.4) is 0 Å². The Labute approximate surface area is 117 Å². The monoisotopic (exact) mass is 276 g/mol. The van der Waals surface area contributed by atoms with Gasteiger partial charge in [0.25, 0.3) is 0 Å². The zero-order chi connectivity index (χ0) is 13.9. The molecule has 1 atom stereocenters. The van der Waals surface area contributed by atoms with Gasteiger partial charge in [-0.25, -0.2) is 0 Å². The fourth-order valence-corrected chi connectivity index (χ4v) is 3.46. The average Bonchev–Trinajstić information content (AvgIpc) is 2.74. The van der Waals surface area contributed by atoms with Gasteiger partial charge in [-0.1, -0.05) is 12.1 Å². The Morgan fingerprint density at radius 2 is 2.05 bits per heavy atom. The average molecular weight is 276 g/mol. The van der Waals surface area contributed by atoms with Crippen LogP contribution in [-0.2, 0) is 10.8 Å². The van der Waals surface area contributed by atoms with Crippen molar-refractivity contribution >= 4 is 8.32 Å². The van der Waals surface area contributed by atoms with Crippen LogP contribution in [0.2, 0.25) is 19.6 Å². The number of allylic oxidation sites excluding steroid dienone is 2. The summed E-state index contributed by atoms with van der Waals surface area (Å²) in [5.41, 5.74) is 1.34. The molecule has 0 aliphatic heterocycles. The molecule has 0 saturated heterocycles. The Balaban J connectivity index is 1.97. The molecule has 0 N–H and O–H groups in total. The first-order valence-corrected chi connectivity index (χ1v) is 10.4. The van der Waals surface area contributed by atoms with E-state index in [-0.39, 0.29) is 0 Å². The second-order valence-corrected chi connectivity index (χ2v) is 10.6. The number of hydrogen-bond acceptors (Lipinski definition) is 2. The summed E-state index contributed by atoms with van der Waals surface area (Å²) in [7, 11) is 0.270. The molecule has 0 amide bonds. The van der Waals surface area contributed by atoms with E-state index in [9.17, 15) is 0 Å². The van der Waals surface area contributed by atoms with Gasteiger partial charge in [-0.3, -0.25) is 0 Å². The second-order valence-electron chi connectivity index (χ2n) is 6.20. The number of ether oxygens (including phenoxy) is 1. The molecule has 0 radical (unpaired) electrons. The van der Waals surface area contributed by atoms with E-state index in [4.69, 9.17) is 9.16 Å². The molecule has 3 heteroatoms. The highest BCUT2D eigenvalue weighted by atomic mass is 28.4. The van der Waals surface area contributed by atoms with Crippen molar-refractivity contribution in [1.82, 2.24) is 0 Å². The molecular weight excluding hydrogens is 252 g/mol. The van der Waals surface area contributed by atoms with Crippen LogP contribution in [0.5, 0.6) is 5.75 Å². The van der Waals surface area contributed by atoms with E-state index in [1.807, 2.05) is 6.07 Å². The second kappa shape index (κ2) is 5.82. The maximum atomic E-state index is 6.09. The molecule has 2 nitrogen and oxygen atoms in total. The van der Waals surface area contributed by atoms with Crippen LogP contribution in [0.4, 0.5) is 0 Å². The Hall–Kier alpha value is -1.22. The molecule has 0 aromatic heterocycles. The number of methoxy groups -OCH3 is 1. The van der Waals surface area contributed by atoms with Crippen LogP contribution >= 0.6 is 0 Å². The third-order valence-electron chi connectivity index (χ3n) is 3.25. The van der Waals surface area contributed by atoms with Crippen LogP contribution < -0.4 is 4.74 Å². The first-order chi connectivity index (χ1) is 8.96. The molecule has 1 aliphatic rings. The van der Waals surface area contributed by atoms with E-state index in [0.717, 1.165) is 18.6 Å². The molecule has 0 fully saturated rings. The molecule has 0 spiro atoms. The molecule has 0 bridgehead atoms. The first kappa shape index (κ1) is 14.2. The predicted octanol–water partition coefficient (Wildman–Crippen LogP) is 4.38. The molecular formula is C16H24O2Si. The predicted molar refractivity (Wildman–Crippen MR) is 81.9 cm³/mol. The molecule has 0 saturated carbocycles. The molecule has 2 rings (SSSR count). The van der Waals surface area contributed by atoms with E-state index in [1.54, 1.807) is 7.11 Å². The molecule has 1 unspecified atom stereocenters. The number of hydrogen-bond donors (Lipinski definition) is 0. The summed E-state index contributed by atoms with van der Waals surface area (Å²) in [4.78, 5) is 0. The van der Waals surface area contributed by atoms with Crippen molar-refractivity contribution in [2.45, 2.75) is 38.9 Å². The quantitative estimate of drug-likeness (QED) is 0.743. The van der Waals surface area contributed by atoms with Crippen LogP contribution in [0.1, 0.15) is 18.4 Å². The van der Waals surface area contributed by atoms with Gasteiger partial charge in [0.1, 0.15) is 5.75 Å². The van der Waals surface area contributed by atoms with E-state index in [1.165, 1.54) is 17.7 Å². The van der Waals surface area contributed by atoms with Crippen LogP contribution in [0, 0.1) is 5.92 Å². The molecule has 1 aliphatic carbocycles. The standard InChI is InChI=1S/C16H24O2Si/c1-17-15-7-5-6-13(11-15)10-14-8-9-16(12-14)18-19(2,3)4/h5-7,11-12,14H,8-10H2,1-4H3. The summed E-state index contributed by atoms with van der Waals surface area (Å²) < 4.78 is 11.4. The fourth-order valence-electron chi connectivity index (χ4n) is 2.50. The summed E-state index contributed by atoms with van der Waals surface area (Å²) in [5, 5.41) is 0. The van der Waals surface area contributed by atoms with E-state index >= 15 is 0 Å². The SMILES string of the molecule is COc1cccc(CC2C=C(O[Si](C)(C)C)CC2)c1. The molecule has 0 heterocycles. The van der Waals surface area contributed by atoms with Gasteiger partial charge in [0.2, 0.25) is 8.32 Å². The molecule has 1 aromatic carbocycles. The third-order valence-corrected chi connectivity index (χ3v) is 4.13. The minimum absolute atomic E-state index is 0.610. The Morgan fingerprint density at radius 3 is 2.74 bits per heavy atom. The van der Waals surface area contributed by atoms with Gasteiger partial charge < -0.3 is 9.16 Å². The lowest BCUT2D eigenvalue weighted by atomic mass is 9.99. The summed E-state index contributed by atoms with van der Waals surface area (Å²) in [6, 6.07) is 8.36. The number of rotatable bonds is 5. The lowest BCUT2D eigenvalue weighted by molar-refractivity contribution is 0.407. The first-order valence-electron chi connectivity index (χ1n) is 6.99. The zero-order valence-electron chi connectivity index (χ0n) is 12.4. The van der Waals surface area contributed by atoms with Gasteiger partial charge in [-0.05, 0) is 62.2 Å². The van der Waals surface area contributed by atoms with Crippen molar-refractivity contribution in [3.05, 3.63) is 41.7 Å². The van der Waals surface area contributed by atoms with Gasteiger partial charge >= 0.3 is 0 Å². The largest absolute Gasteiger partial charge is 0.548 e. The van der Waals surface area contributed by atoms with Gasteiger partial charge in [0.05, 0.1) is 12.9 Å². The van der Waals surface area contributed by atoms with Crippen LogP contribution in [0.25, 0.3) is 0 Å². The highest BCUT2D eigenvalue weighted by Gasteiger charge is 2.23. The summed E-state index contributed by atoms with van der Waals surface area (Å²) >= 11 is 0. The minimum Gasteiger partial charge on any atom is -0.548 e. The minimum atomic E-state index is -1.45. The molecule has 104 valence electrons. The van der Waals surface area contributed by atoms with Crippen molar-refractivity contribution in [3.63, 3.8) is 0 Å². The van der Waals surface area contributed by atoms with Crippen molar-refractivity contribution in [2.24, 2.45) is 5.92 Å². The van der Waals surface area contributed by atoms with Gasteiger partial charge in [-0.2, -0.15) is 0 Å². The van der Waals surface area contributed by atoms with Crippen LogP contribution in [0.15, 0.2) is 36.1 Å². The van der Waals surface area contributed by atoms with Crippen molar-refractivity contribution in [2.75, 3.05) is 7.11 Å². The topological polar surface area (TPSA) is 18.5 Å². The maximum Gasteiger partial charge on any atom is 0.241 e. The summed E-state index contributed by atoms with van der Waals surface area (Å²) in [5.74, 6) is 2.77. The third kappa shape index (κ3) is 4.42. The lowest BCUT2D eigenvalue weighted by Gasteiger charge is -2.19. The summed E-state index contributed by atoms with van der Waals surface area (Å²) in [6.07, 6.45) is 5.71. The van der Waals surface area contributed by atoms with Crippen molar-refractivity contribution < 1.29 is 9.16 Å². The molecule has 19 heavy (non-hydrogen) atoms. The fraction of sp³-hybridized carbons (Fsp3) is 0.500. The Morgan fingerprint density at radius 1 is 1.26 bits per heavy atom.